The molecule has 2 aliphatic rings. The minimum atomic E-state index is 0.381. The fraction of sp³-hybridized carbons (Fsp3) is 0.625. The summed E-state index contributed by atoms with van der Waals surface area (Å²) in [4.78, 5) is 0. The Labute approximate surface area is 110 Å². The summed E-state index contributed by atoms with van der Waals surface area (Å²) in [6.07, 6.45) is 2.76. The van der Waals surface area contributed by atoms with Crippen molar-refractivity contribution in [1.82, 2.24) is 5.32 Å². The summed E-state index contributed by atoms with van der Waals surface area (Å²) >= 11 is 0. The average molecular weight is 245 g/mol. The lowest BCUT2D eigenvalue weighted by molar-refractivity contribution is 0.0793. The summed E-state index contributed by atoms with van der Waals surface area (Å²) in [5, 5.41) is 3.74. The van der Waals surface area contributed by atoms with Crippen molar-refractivity contribution in [2.24, 2.45) is 11.3 Å². The normalized spacial score (nSPS) is 24.9. The lowest BCUT2D eigenvalue weighted by atomic mass is 9.91. The van der Waals surface area contributed by atoms with Crippen molar-refractivity contribution in [3.63, 3.8) is 0 Å². The Hall–Kier alpha value is -0.860. The van der Waals surface area contributed by atoms with Gasteiger partial charge in [0.05, 0.1) is 19.3 Å². The van der Waals surface area contributed by atoms with Gasteiger partial charge < -0.3 is 10.1 Å². The first-order valence-corrected chi connectivity index (χ1v) is 7.10. The molecule has 0 amide bonds. The van der Waals surface area contributed by atoms with Crippen molar-refractivity contribution in [3.8, 4) is 0 Å². The van der Waals surface area contributed by atoms with E-state index in [1.807, 2.05) is 0 Å². The predicted octanol–water partition coefficient (Wildman–Crippen LogP) is 3.28. The lowest BCUT2D eigenvalue weighted by Gasteiger charge is -2.29. The minimum absolute atomic E-state index is 0.381. The molecule has 98 valence electrons. The second-order valence-electron chi connectivity index (χ2n) is 6.16. The van der Waals surface area contributed by atoms with Gasteiger partial charge in [0.1, 0.15) is 0 Å². The van der Waals surface area contributed by atoms with E-state index in [0.717, 1.165) is 25.7 Å². The van der Waals surface area contributed by atoms with Gasteiger partial charge in [-0.25, -0.2) is 0 Å². The average Bonchev–Trinajstić information content (AvgIpc) is 3.17. The Balaban J connectivity index is 1.68. The zero-order chi connectivity index (χ0) is 12.6. The van der Waals surface area contributed by atoms with Crippen molar-refractivity contribution < 1.29 is 4.74 Å². The number of fused-ring (bicyclic) bond motifs is 1. The molecule has 1 aliphatic carbocycles. The van der Waals surface area contributed by atoms with Crippen molar-refractivity contribution in [2.75, 3.05) is 13.2 Å². The van der Waals surface area contributed by atoms with Gasteiger partial charge in [-0.15, -0.1) is 0 Å². The number of benzene rings is 1. The fourth-order valence-electron chi connectivity index (χ4n) is 3.00. The van der Waals surface area contributed by atoms with Crippen LogP contribution in [0, 0.1) is 11.3 Å². The molecule has 0 saturated heterocycles. The standard InChI is InChI=1S/C16H23NO/c1-12(2)16(7-8-16)11-17-15-10-18-9-13-5-3-4-6-14(13)15/h3-6,12,15,17H,7-11H2,1-2H3. The first-order chi connectivity index (χ1) is 8.71. The van der Waals surface area contributed by atoms with E-state index in [2.05, 4.69) is 43.4 Å². The molecule has 0 spiro atoms. The van der Waals surface area contributed by atoms with Crippen molar-refractivity contribution in [1.29, 1.82) is 0 Å². The van der Waals surface area contributed by atoms with E-state index < -0.39 is 0 Å². The molecule has 0 bridgehead atoms. The predicted molar refractivity (Wildman–Crippen MR) is 73.3 cm³/mol. The zero-order valence-electron chi connectivity index (χ0n) is 11.4. The number of nitrogens with one attached hydrogen (secondary N) is 1. The van der Waals surface area contributed by atoms with E-state index >= 15 is 0 Å². The van der Waals surface area contributed by atoms with Crippen molar-refractivity contribution in [2.45, 2.75) is 39.3 Å². The molecule has 18 heavy (non-hydrogen) atoms. The van der Waals surface area contributed by atoms with Gasteiger partial charge in [-0.2, -0.15) is 0 Å². The molecular weight excluding hydrogens is 222 g/mol. The van der Waals surface area contributed by atoms with Crippen LogP contribution in [0.15, 0.2) is 24.3 Å². The van der Waals surface area contributed by atoms with Crippen molar-refractivity contribution >= 4 is 0 Å². The maximum Gasteiger partial charge on any atom is 0.0721 e. The van der Waals surface area contributed by atoms with Gasteiger partial charge in [0.2, 0.25) is 0 Å². The van der Waals surface area contributed by atoms with E-state index in [-0.39, 0.29) is 0 Å². The van der Waals surface area contributed by atoms with Gasteiger partial charge in [-0.05, 0) is 35.3 Å². The maximum atomic E-state index is 5.69. The Morgan fingerprint density at radius 2 is 2.11 bits per heavy atom. The largest absolute Gasteiger partial charge is 0.375 e. The summed E-state index contributed by atoms with van der Waals surface area (Å²) < 4.78 is 5.69. The van der Waals surface area contributed by atoms with Crippen LogP contribution >= 0.6 is 0 Å². The van der Waals surface area contributed by atoms with Gasteiger partial charge in [0, 0.05) is 6.54 Å². The summed E-state index contributed by atoms with van der Waals surface area (Å²) in [7, 11) is 0. The van der Waals surface area contributed by atoms with Crippen LogP contribution in [0.2, 0.25) is 0 Å². The van der Waals surface area contributed by atoms with Crippen LogP contribution in [0.3, 0.4) is 0 Å². The molecule has 1 heterocycles. The highest BCUT2D eigenvalue weighted by atomic mass is 16.5. The Bertz CT molecular complexity index is 423. The van der Waals surface area contributed by atoms with E-state index in [1.165, 1.54) is 24.0 Å². The third-order valence-corrected chi connectivity index (χ3v) is 4.79. The molecule has 2 heteroatoms. The lowest BCUT2D eigenvalue weighted by Crippen LogP contribution is -2.35. The number of rotatable bonds is 4. The van der Waals surface area contributed by atoms with Gasteiger partial charge >= 0.3 is 0 Å². The van der Waals surface area contributed by atoms with E-state index in [4.69, 9.17) is 4.74 Å². The number of hydrogen-bond acceptors (Lipinski definition) is 2. The first kappa shape index (κ1) is 12.2. The molecule has 1 aliphatic heterocycles. The molecule has 3 rings (SSSR count). The highest BCUT2D eigenvalue weighted by Gasteiger charge is 2.45. The monoisotopic (exact) mass is 245 g/mol. The van der Waals surface area contributed by atoms with E-state index in [1.54, 1.807) is 0 Å². The van der Waals surface area contributed by atoms with E-state index in [9.17, 15) is 0 Å². The van der Waals surface area contributed by atoms with Gasteiger partial charge in [0.25, 0.3) is 0 Å². The van der Waals surface area contributed by atoms with Crippen LogP contribution in [0.25, 0.3) is 0 Å². The van der Waals surface area contributed by atoms with Crippen molar-refractivity contribution in [3.05, 3.63) is 35.4 Å². The molecule has 1 N–H and O–H groups in total. The summed E-state index contributed by atoms with van der Waals surface area (Å²) in [5.74, 6) is 0.782. The molecule has 1 aromatic rings. The number of hydrogen-bond donors (Lipinski definition) is 1. The maximum absolute atomic E-state index is 5.69. The molecular formula is C16H23NO. The molecule has 0 radical (unpaired) electrons. The molecule has 1 atom stereocenters. The third-order valence-electron chi connectivity index (χ3n) is 4.79. The highest BCUT2D eigenvalue weighted by Crippen LogP contribution is 2.51. The zero-order valence-corrected chi connectivity index (χ0v) is 11.4. The summed E-state index contributed by atoms with van der Waals surface area (Å²) in [6.45, 7) is 7.40. The van der Waals surface area contributed by atoms with Gasteiger partial charge in [-0.3, -0.25) is 0 Å². The Morgan fingerprint density at radius 1 is 1.33 bits per heavy atom. The third kappa shape index (κ3) is 2.19. The highest BCUT2D eigenvalue weighted by molar-refractivity contribution is 5.31. The van der Waals surface area contributed by atoms with Crippen LogP contribution in [-0.2, 0) is 11.3 Å². The molecule has 1 unspecified atom stereocenters. The first-order valence-electron chi connectivity index (χ1n) is 7.10. The van der Waals surface area contributed by atoms with Gasteiger partial charge in [-0.1, -0.05) is 38.1 Å². The fourth-order valence-corrected chi connectivity index (χ4v) is 3.00. The minimum Gasteiger partial charge on any atom is -0.375 e. The number of ether oxygens (including phenoxy) is 1. The van der Waals surface area contributed by atoms with Gasteiger partial charge in [0.15, 0.2) is 0 Å². The molecule has 2 nitrogen and oxygen atoms in total. The molecule has 1 aromatic carbocycles. The van der Waals surface area contributed by atoms with Crippen LogP contribution in [-0.4, -0.2) is 13.2 Å². The smallest absolute Gasteiger partial charge is 0.0721 e. The van der Waals surface area contributed by atoms with Crippen LogP contribution in [0.4, 0.5) is 0 Å². The summed E-state index contributed by atoms with van der Waals surface area (Å²) in [5.41, 5.74) is 3.34. The van der Waals surface area contributed by atoms with Crippen LogP contribution < -0.4 is 5.32 Å². The quantitative estimate of drug-likeness (QED) is 0.879. The van der Waals surface area contributed by atoms with Crippen LogP contribution in [0.1, 0.15) is 43.9 Å². The molecule has 1 fully saturated rings. The molecule has 1 saturated carbocycles. The topological polar surface area (TPSA) is 21.3 Å². The molecule has 0 aromatic heterocycles. The summed E-state index contributed by atoms with van der Waals surface area (Å²) in [6, 6.07) is 9.03. The SMILES string of the molecule is CC(C)C1(CNC2COCc3ccccc32)CC1. The second kappa shape index (κ2) is 4.67. The Kier molecular flexibility index (Phi) is 3.16. The second-order valence-corrected chi connectivity index (χ2v) is 6.16. The Morgan fingerprint density at radius 3 is 2.83 bits per heavy atom. The van der Waals surface area contributed by atoms with E-state index in [0.29, 0.717) is 11.5 Å². The van der Waals surface area contributed by atoms with Crippen LogP contribution in [0.5, 0.6) is 0 Å².